The maximum atomic E-state index is 11.3. The second-order valence-electron chi connectivity index (χ2n) is 3.39. The molecule has 82 valence electrons. The van der Waals surface area contributed by atoms with Gasteiger partial charge in [-0.25, -0.2) is 0 Å². The van der Waals surface area contributed by atoms with Crippen molar-refractivity contribution in [2.24, 2.45) is 0 Å². The zero-order valence-corrected chi connectivity index (χ0v) is 9.67. The monoisotopic (exact) mass is 225 g/mol. The second-order valence-corrected chi connectivity index (χ2v) is 4.34. The molecule has 3 nitrogen and oxygen atoms in total. The van der Waals surface area contributed by atoms with Gasteiger partial charge in [0.1, 0.15) is 0 Å². The molecule has 0 spiro atoms. The number of aliphatic hydroxyl groups excluding tert-OH is 1. The minimum absolute atomic E-state index is 0.0440. The Hall–Kier alpha value is -1.13. The van der Waals surface area contributed by atoms with Gasteiger partial charge in [0.15, 0.2) is 0 Å². The van der Waals surface area contributed by atoms with Crippen molar-refractivity contribution in [2.75, 3.05) is 6.61 Å². The Kier molecular flexibility index (Phi) is 4.52. The topological polar surface area (TPSA) is 49.3 Å². The predicted octanol–water partition coefficient (Wildman–Crippen LogP) is 1.57. The number of hydrogen-bond donors (Lipinski definition) is 2. The van der Waals surface area contributed by atoms with E-state index >= 15 is 0 Å². The van der Waals surface area contributed by atoms with Gasteiger partial charge in [0.2, 0.25) is 5.91 Å². The van der Waals surface area contributed by atoms with Gasteiger partial charge in [0.25, 0.3) is 0 Å². The highest BCUT2D eigenvalue weighted by Gasteiger charge is 2.02. The van der Waals surface area contributed by atoms with Crippen LogP contribution in [0, 0.1) is 6.92 Å². The minimum atomic E-state index is -0.202. The van der Waals surface area contributed by atoms with E-state index in [4.69, 9.17) is 5.11 Å². The molecule has 1 rings (SSSR count). The lowest BCUT2D eigenvalue weighted by atomic mass is 10.2. The van der Waals surface area contributed by atoms with Gasteiger partial charge < -0.3 is 10.4 Å². The molecule has 15 heavy (non-hydrogen) atoms. The standard InChI is InChI=1S/C11H15NO2S/c1-8-5-6-15-10(8)3-4-11(14)12-9(2)7-13/h3-6,9,13H,7H2,1-2H3,(H,12,14)/t9-/m0/s1. The van der Waals surface area contributed by atoms with Crippen molar-refractivity contribution >= 4 is 23.3 Å². The summed E-state index contributed by atoms with van der Waals surface area (Å²) in [6.45, 7) is 3.71. The third kappa shape index (κ3) is 3.85. The molecule has 1 amide bonds. The fourth-order valence-corrected chi connectivity index (χ4v) is 1.86. The molecular weight excluding hydrogens is 210 g/mol. The minimum Gasteiger partial charge on any atom is -0.394 e. The molecule has 1 aromatic rings. The Balaban J connectivity index is 2.51. The normalized spacial score (nSPS) is 13.0. The smallest absolute Gasteiger partial charge is 0.244 e. The number of carbonyl (C=O) groups excluding carboxylic acids is 1. The SMILES string of the molecule is Cc1ccsc1C=CC(=O)N[C@@H](C)CO. The molecule has 0 aliphatic carbocycles. The van der Waals surface area contributed by atoms with E-state index in [2.05, 4.69) is 5.32 Å². The summed E-state index contributed by atoms with van der Waals surface area (Å²) in [5.74, 6) is -0.177. The van der Waals surface area contributed by atoms with Crippen LogP contribution in [0.4, 0.5) is 0 Å². The fraction of sp³-hybridized carbons (Fsp3) is 0.364. The van der Waals surface area contributed by atoms with Gasteiger partial charge in [0, 0.05) is 17.0 Å². The number of aryl methyl sites for hydroxylation is 1. The van der Waals surface area contributed by atoms with Crippen LogP contribution in [-0.2, 0) is 4.79 Å². The van der Waals surface area contributed by atoms with Crippen molar-refractivity contribution in [3.8, 4) is 0 Å². The summed E-state index contributed by atoms with van der Waals surface area (Å²) in [5.41, 5.74) is 1.17. The van der Waals surface area contributed by atoms with Crippen molar-refractivity contribution in [3.63, 3.8) is 0 Å². The molecule has 0 bridgehead atoms. The Morgan fingerprint density at radius 1 is 1.73 bits per heavy atom. The zero-order valence-electron chi connectivity index (χ0n) is 8.86. The molecule has 0 aliphatic rings. The zero-order chi connectivity index (χ0) is 11.3. The van der Waals surface area contributed by atoms with Crippen molar-refractivity contribution in [3.05, 3.63) is 28.0 Å². The largest absolute Gasteiger partial charge is 0.394 e. The molecule has 0 aromatic carbocycles. The quantitative estimate of drug-likeness (QED) is 0.764. The van der Waals surface area contributed by atoms with Crippen molar-refractivity contribution in [1.82, 2.24) is 5.32 Å². The van der Waals surface area contributed by atoms with Crippen LogP contribution in [0.1, 0.15) is 17.4 Å². The number of nitrogens with one attached hydrogen (secondary N) is 1. The molecule has 0 saturated heterocycles. The van der Waals surface area contributed by atoms with Crippen molar-refractivity contribution < 1.29 is 9.90 Å². The lowest BCUT2D eigenvalue weighted by Gasteiger charge is -2.07. The van der Waals surface area contributed by atoms with E-state index < -0.39 is 0 Å². The molecule has 1 aromatic heterocycles. The first-order chi connectivity index (χ1) is 7.13. The van der Waals surface area contributed by atoms with Crippen LogP contribution in [-0.4, -0.2) is 23.7 Å². The third-order valence-electron chi connectivity index (χ3n) is 1.95. The molecule has 2 N–H and O–H groups in total. The number of thiophene rings is 1. The summed E-state index contributed by atoms with van der Waals surface area (Å²) < 4.78 is 0. The van der Waals surface area contributed by atoms with Crippen LogP contribution < -0.4 is 5.32 Å². The van der Waals surface area contributed by atoms with Gasteiger partial charge in [0.05, 0.1) is 6.61 Å². The van der Waals surface area contributed by atoms with E-state index in [1.165, 1.54) is 11.6 Å². The summed E-state index contributed by atoms with van der Waals surface area (Å²) in [6, 6.07) is 1.81. The van der Waals surface area contributed by atoms with E-state index in [0.717, 1.165) is 4.88 Å². The first-order valence-corrected chi connectivity index (χ1v) is 5.65. The van der Waals surface area contributed by atoms with E-state index in [9.17, 15) is 4.79 Å². The molecule has 0 fully saturated rings. The number of aliphatic hydroxyl groups is 1. The highest BCUT2D eigenvalue weighted by molar-refractivity contribution is 7.11. The molecule has 1 atom stereocenters. The highest BCUT2D eigenvalue weighted by atomic mass is 32.1. The Bertz CT molecular complexity index is 357. The van der Waals surface area contributed by atoms with Crippen LogP contribution >= 0.6 is 11.3 Å². The van der Waals surface area contributed by atoms with E-state index in [-0.39, 0.29) is 18.6 Å². The first-order valence-electron chi connectivity index (χ1n) is 4.77. The molecule has 0 radical (unpaired) electrons. The molecule has 0 aliphatic heterocycles. The van der Waals surface area contributed by atoms with Crippen LogP contribution in [0.3, 0.4) is 0 Å². The van der Waals surface area contributed by atoms with E-state index in [0.29, 0.717) is 0 Å². The Labute approximate surface area is 93.4 Å². The van der Waals surface area contributed by atoms with Crippen LogP contribution in [0.2, 0.25) is 0 Å². The first kappa shape index (κ1) is 11.9. The number of hydrogen-bond acceptors (Lipinski definition) is 3. The molecule has 0 saturated carbocycles. The van der Waals surface area contributed by atoms with E-state index in [1.54, 1.807) is 24.3 Å². The average molecular weight is 225 g/mol. The lowest BCUT2D eigenvalue weighted by Crippen LogP contribution is -2.33. The maximum Gasteiger partial charge on any atom is 0.244 e. The van der Waals surface area contributed by atoms with Crippen LogP contribution in [0.25, 0.3) is 6.08 Å². The molecular formula is C11H15NO2S. The highest BCUT2D eigenvalue weighted by Crippen LogP contribution is 2.16. The summed E-state index contributed by atoms with van der Waals surface area (Å²) >= 11 is 1.60. The number of carbonyl (C=O) groups is 1. The predicted molar refractivity (Wildman–Crippen MR) is 62.8 cm³/mol. The summed E-state index contributed by atoms with van der Waals surface area (Å²) in [5, 5.41) is 13.4. The molecule has 4 heteroatoms. The number of amides is 1. The third-order valence-corrected chi connectivity index (χ3v) is 2.93. The summed E-state index contributed by atoms with van der Waals surface area (Å²) in [4.78, 5) is 12.4. The maximum absolute atomic E-state index is 11.3. The average Bonchev–Trinajstić information content (AvgIpc) is 2.61. The molecule has 1 heterocycles. The second kappa shape index (κ2) is 5.68. The summed E-state index contributed by atoms with van der Waals surface area (Å²) in [7, 11) is 0. The van der Waals surface area contributed by atoms with Gasteiger partial charge >= 0.3 is 0 Å². The summed E-state index contributed by atoms with van der Waals surface area (Å²) in [6.07, 6.45) is 3.28. The number of rotatable bonds is 4. The molecule has 0 unspecified atom stereocenters. The van der Waals surface area contributed by atoms with Gasteiger partial charge in [-0.05, 0) is 36.9 Å². The van der Waals surface area contributed by atoms with Gasteiger partial charge in [-0.1, -0.05) is 0 Å². The fourth-order valence-electron chi connectivity index (χ4n) is 1.04. The van der Waals surface area contributed by atoms with Crippen molar-refractivity contribution in [2.45, 2.75) is 19.9 Å². The Morgan fingerprint density at radius 2 is 2.47 bits per heavy atom. The van der Waals surface area contributed by atoms with E-state index in [1.807, 2.05) is 18.4 Å². The van der Waals surface area contributed by atoms with Crippen LogP contribution in [0.5, 0.6) is 0 Å². The van der Waals surface area contributed by atoms with Gasteiger partial charge in [-0.2, -0.15) is 0 Å². The van der Waals surface area contributed by atoms with Gasteiger partial charge in [-0.15, -0.1) is 11.3 Å². The van der Waals surface area contributed by atoms with Gasteiger partial charge in [-0.3, -0.25) is 4.79 Å². The van der Waals surface area contributed by atoms with Crippen molar-refractivity contribution in [1.29, 1.82) is 0 Å². The lowest BCUT2D eigenvalue weighted by molar-refractivity contribution is -0.117. The Morgan fingerprint density at radius 3 is 3.00 bits per heavy atom. The van der Waals surface area contributed by atoms with Crippen LogP contribution in [0.15, 0.2) is 17.5 Å².